The molecule has 2 aromatic carbocycles. The van der Waals surface area contributed by atoms with E-state index in [1.54, 1.807) is 24.3 Å². The molecular formula is C22H19NO6. The minimum atomic E-state index is -0.836. The van der Waals surface area contributed by atoms with Crippen molar-refractivity contribution in [3.63, 3.8) is 0 Å². The van der Waals surface area contributed by atoms with Crippen molar-refractivity contribution >= 4 is 17.8 Å². The second-order valence-corrected chi connectivity index (χ2v) is 6.61. The average Bonchev–Trinajstić information content (AvgIpc) is 3.30. The molecule has 4 rings (SSSR count). The molecule has 0 fully saturated rings. The molecule has 0 unspecified atom stereocenters. The number of aliphatic hydroxyl groups excluding tert-OH is 2. The van der Waals surface area contributed by atoms with Gasteiger partial charge in [-0.25, -0.2) is 0 Å². The monoisotopic (exact) mass is 393 g/mol. The van der Waals surface area contributed by atoms with E-state index in [4.69, 9.17) is 9.47 Å². The van der Waals surface area contributed by atoms with E-state index >= 15 is 0 Å². The van der Waals surface area contributed by atoms with Crippen LogP contribution in [0.25, 0.3) is 6.08 Å². The SMILES string of the molecule is O=C(/C=C/c1ccccc1)C1=C(O)C(=O)N(CCO)[C@H]1c1ccc2c(c1)OCO2. The highest BCUT2D eigenvalue weighted by atomic mass is 16.7. The van der Waals surface area contributed by atoms with Crippen molar-refractivity contribution in [1.82, 2.24) is 4.90 Å². The van der Waals surface area contributed by atoms with E-state index in [1.807, 2.05) is 30.3 Å². The smallest absolute Gasteiger partial charge is 0.290 e. The summed E-state index contributed by atoms with van der Waals surface area (Å²) in [4.78, 5) is 26.8. The molecule has 0 saturated heterocycles. The average molecular weight is 393 g/mol. The lowest BCUT2D eigenvalue weighted by Gasteiger charge is -2.26. The fourth-order valence-corrected chi connectivity index (χ4v) is 3.50. The minimum Gasteiger partial charge on any atom is -0.503 e. The molecule has 2 N–H and O–H groups in total. The second kappa shape index (κ2) is 7.81. The molecule has 1 atom stereocenters. The third kappa shape index (κ3) is 3.48. The van der Waals surface area contributed by atoms with Crippen molar-refractivity contribution in [1.29, 1.82) is 0 Å². The molecular weight excluding hydrogens is 374 g/mol. The number of benzene rings is 2. The first kappa shape index (κ1) is 18.8. The van der Waals surface area contributed by atoms with Gasteiger partial charge in [0.05, 0.1) is 18.2 Å². The lowest BCUT2D eigenvalue weighted by molar-refractivity contribution is -0.129. The topological polar surface area (TPSA) is 96.3 Å². The van der Waals surface area contributed by atoms with E-state index in [2.05, 4.69) is 0 Å². The van der Waals surface area contributed by atoms with Crippen LogP contribution in [0.15, 0.2) is 65.9 Å². The Morgan fingerprint density at radius 3 is 2.66 bits per heavy atom. The van der Waals surface area contributed by atoms with E-state index in [-0.39, 0.29) is 25.5 Å². The number of carbonyl (C=O) groups is 2. The summed E-state index contributed by atoms with van der Waals surface area (Å²) in [6.45, 7) is -0.238. The number of hydrogen-bond acceptors (Lipinski definition) is 6. The maximum atomic E-state index is 12.9. The number of ether oxygens (including phenoxy) is 2. The summed E-state index contributed by atoms with van der Waals surface area (Å²) in [5.41, 5.74) is 1.36. The van der Waals surface area contributed by atoms with Crippen molar-refractivity contribution in [2.45, 2.75) is 6.04 Å². The Labute approximate surface area is 167 Å². The number of carbonyl (C=O) groups excluding carboxylic acids is 2. The molecule has 1 amide bonds. The standard InChI is InChI=1S/C22H19NO6/c24-11-10-23-20(15-7-9-17-18(12-15)29-13-28-17)19(21(26)22(23)27)16(25)8-6-14-4-2-1-3-5-14/h1-9,12,20,24,26H,10-11,13H2/b8-6+/t20-/m0/s1. The van der Waals surface area contributed by atoms with Gasteiger partial charge in [-0.05, 0) is 29.3 Å². The van der Waals surface area contributed by atoms with Gasteiger partial charge in [-0.2, -0.15) is 0 Å². The van der Waals surface area contributed by atoms with Crippen LogP contribution in [0.3, 0.4) is 0 Å². The number of aliphatic hydroxyl groups is 2. The van der Waals surface area contributed by atoms with E-state index in [0.29, 0.717) is 17.1 Å². The zero-order chi connectivity index (χ0) is 20.4. The number of nitrogens with zero attached hydrogens (tertiary/aromatic N) is 1. The molecule has 148 valence electrons. The number of β-amino-alcohol motifs (C(OH)–C–C–N with tert-alkyl or cyclic N) is 1. The summed E-state index contributed by atoms with van der Waals surface area (Å²) in [5, 5.41) is 19.8. The molecule has 0 aromatic heterocycles. The normalized spacial score (nSPS) is 18.2. The Morgan fingerprint density at radius 2 is 1.90 bits per heavy atom. The molecule has 7 heteroatoms. The Kier molecular flexibility index (Phi) is 5.05. The zero-order valence-electron chi connectivity index (χ0n) is 15.4. The third-order valence-corrected chi connectivity index (χ3v) is 4.85. The summed E-state index contributed by atoms with van der Waals surface area (Å²) in [6.07, 6.45) is 2.95. The number of amides is 1. The van der Waals surface area contributed by atoms with Crippen LogP contribution in [-0.4, -0.2) is 46.7 Å². The Hall–Kier alpha value is -3.58. The summed E-state index contributed by atoms with van der Waals surface area (Å²) in [5.74, 6) is -0.724. The fourth-order valence-electron chi connectivity index (χ4n) is 3.50. The van der Waals surface area contributed by atoms with Gasteiger partial charge in [0.15, 0.2) is 23.0 Å². The summed E-state index contributed by atoms with van der Waals surface area (Å²) >= 11 is 0. The lowest BCUT2D eigenvalue weighted by Crippen LogP contribution is -2.33. The largest absolute Gasteiger partial charge is 0.503 e. The second-order valence-electron chi connectivity index (χ2n) is 6.61. The summed E-state index contributed by atoms with van der Waals surface area (Å²) < 4.78 is 10.7. The van der Waals surface area contributed by atoms with Gasteiger partial charge in [-0.3, -0.25) is 9.59 Å². The van der Waals surface area contributed by atoms with Crippen molar-refractivity contribution in [2.24, 2.45) is 0 Å². The molecule has 0 saturated carbocycles. The van der Waals surface area contributed by atoms with Gasteiger partial charge in [0.1, 0.15) is 0 Å². The lowest BCUT2D eigenvalue weighted by atomic mass is 9.95. The Bertz CT molecular complexity index is 1010. The van der Waals surface area contributed by atoms with Gasteiger partial charge in [0.25, 0.3) is 5.91 Å². The van der Waals surface area contributed by atoms with E-state index < -0.39 is 23.5 Å². The third-order valence-electron chi connectivity index (χ3n) is 4.85. The number of fused-ring (bicyclic) bond motifs is 1. The van der Waals surface area contributed by atoms with Crippen LogP contribution in [0, 0.1) is 0 Å². The van der Waals surface area contributed by atoms with Crippen molar-refractivity contribution in [2.75, 3.05) is 19.9 Å². The maximum absolute atomic E-state index is 12.9. The molecule has 0 bridgehead atoms. The molecule has 7 nitrogen and oxygen atoms in total. The Balaban J connectivity index is 1.72. The minimum absolute atomic E-state index is 0.0266. The van der Waals surface area contributed by atoms with Crippen LogP contribution in [0.2, 0.25) is 0 Å². The first-order valence-electron chi connectivity index (χ1n) is 9.12. The van der Waals surface area contributed by atoms with Gasteiger partial charge in [0.2, 0.25) is 6.79 Å². The molecule has 29 heavy (non-hydrogen) atoms. The fraction of sp³-hybridized carbons (Fsp3) is 0.182. The predicted molar refractivity (Wildman–Crippen MR) is 104 cm³/mol. The molecule has 2 aromatic rings. The van der Waals surface area contributed by atoms with Crippen LogP contribution in [0.4, 0.5) is 0 Å². The van der Waals surface area contributed by atoms with Crippen LogP contribution in [-0.2, 0) is 9.59 Å². The molecule has 0 spiro atoms. The van der Waals surface area contributed by atoms with Gasteiger partial charge >= 0.3 is 0 Å². The van der Waals surface area contributed by atoms with E-state index in [9.17, 15) is 19.8 Å². The predicted octanol–water partition coefficient (Wildman–Crippen LogP) is 2.39. The maximum Gasteiger partial charge on any atom is 0.290 e. The summed E-state index contributed by atoms with van der Waals surface area (Å²) in [6, 6.07) is 13.5. The number of rotatable bonds is 6. The Morgan fingerprint density at radius 1 is 1.14 bits per heavy atom. The van der Waals surface area contributed by atoms with Crippen molar-refractivity contribution in [3.05, 3.63) is 77.1 Å². The highest BCUT2D eigenvalue weighted by Gasteiger charge is 2.43. The van der Waals surface area contributed by atoms with Gasteiger partial charge < -0.3 is 24.6 Å². The highest BCUT2D eigenvalue weighted by Crippen LogP contribution is 2.41. The first-order valence-corrected chi connectivity index (χ1v) is 9.12. The number of hydrogen-bond donors (Lipinski definition) is 2. The number of allylic oxidation sites excluding steroid dienone is 1. The zero-order valence-corrected chi connectivity index (χ0v) is 15.4. The van der Waals surface area contributed by atoms with E-state index in [1.165, 1.54) is 11.0 Å². The van der Waals surface area contributed by atoms with Crippen molar-refractivity contribution < 1.29 is 29.3 Å². The van der Waals surface area contributed by atoms with Crippen LogP contribution in [0.5, 0.6) is 11.5 Å². The molecule has 2 aliphatic heterocycles. The van der Waals surface area contributed by atoms with Crippen LogP contribution in [0.1, 0.15) is 17.2 Å². The van der Waals surface area contributed by atoms with Gasteiger partial charge in [-0.15, -0.1) is 0 Å². The highest BCUT2D eigenvalue weighted by molar-refractivity contribution is 6.14. The van der Waals surface area contributed by atoms with Gasteiger partial charge in [-0.1, -0.05) is 42.5 Å². The van der Waals surface area contributed by atoms with E-state index in [0.717, 1.165) is 5.56 Å². The van der Waals surface area contributed by atoms with Crippen molar-refractivity contribution in [3.8, 4) is 11.5 Å². The van der Waals surface area contributed by atoms with Crippen LogP contribution >= 0.6 is 0 Å². The molecule has 2 heterocycles. The number of ketones is 1. The quantitative estimate of drug-likeness (QED) is 0.732. The molecule has 2 aliphatic rings. The molecule has 0 radical (unpaired) electrons. The first-order chi connectivity index (χ1) is 14.1. The summed E-state index contributed by atoms with van der Waals surface area (Å²) in [7, 11) is 0. The van der Waals surface area contributed by atoms with Crippen LogP contribution < -0.4 is 9.47 Å². The molecule has 0 aliphatic carbocycles. The van der Waals surface area contributed by atoms with Gasteiger partial charge in [0, 0.05) is 6.54 Å².